The number of nitrogens with zero attached hydrogens (tertiary/aromatic N) is 6. The average molecular weight is 478 g/mol. The summed E-state index contributed by atoms with van der Waals surface area (Å²) in [4.78, 5) is 4.72. The van der Waals surface area contributed by atoms with E-state index in [9.17, 15) is 8.78 Å². The van der Waals surface area contributed by atoms with Crippen molar-refractivity contribution in [3.05, 3.63) is 66.2 Å². The summed E-state index contributed by atoms with van der Waals surface area (Å²) in [5, 5.41) is 20.6. The van der Waals surface area contributed by atoms with Crippen molar-refractivity contribution in [2.75, 3.05) is 5.32 Å². The molecule has 0 atom stereocenters. The maximum atomic E-state index is 11.5. The molecule has 0 aromatic carbocycles. The molecule has 4 heterocycles. The molecular weight excluding hydrogens is 448 g/mol. The van der Waals surface area contributed by atoms with Gasteiger partial charge in [0.1, 0.15) is 6.07 Å². The highest BCUT2D eigenvalue weighted by Gasteiger charge is 2.18. The van der Waals surface area contributed by atoms with Crippen molar-refractivity contribution >= 4 is 11.2 Å². The molecule has 5 rings (SSSR count). The molecule has 0 radical (unpaired) electrons. The minimum absolute atomic E-state index is 0.415. The Hall–Kier alpha value is -3.80. The van der Waals surface area contributed by atoms with Crippen molar-refractivity contribution in [3.8, 4) is 17.5 Å². The van der Waals surface area contributed by atoms with Gasteiger partial charge in [0, 0.05) is 30.3 Å². The zero-order chi connectivity index (χ0) is 24.8. The molecule has 0 aliphatic heterocycles. The van der Waals surface area contributed by atoms with E-state index in [2.05, 4.69) is 41.5 Å². The minimum atomic E-state index is -2.51. The van der Waals surface area contributed by atoms with E-state index in [1.54, 1.807) is 6.20 Å². The summed E-state index contributed by atoms with van der Waals surface area (Å²) >= 11 is 0. The van der Waals surface area contributed by atoms with Gasteiger partial charge in [-0.15, -0.1) is 0 Å². The van der Waals surface area contributed by atoms with Crippen molar-refractivity contribution in [3.63, 3.8) is 0 Å². The van der Waals surface area contributed by atoms with Gasteiger partial charge < -0.3 is 5.32 Å². The SMILES string of the molecule is CC(C)c1cnc(-c2ccc3cc(C#N)cnn23)cc1NC1CCCCC1.FC(F)n1cccn1. The van der Waals surface area contributed by atoms with E-state index >= 15 is 0 Å². The van der Waals surface area contributed by atoms with Crippen molar-refractivity contribution in [2.45, 2.75) is 64.5 Å². The summed E-state index contributed by atoms with van der Waals surface area (Å²) in [5.41, 5.74) is 5.75. The second kappa shape index (κ2) is 11.1. The van der Waals surface area contributed by atoms with Gasteiger partial charge in [-0.05, 0) is 54.7 Å². The predicted molar refractivity (Wildman–Crippen MR) is 131 cm³/mol. The number of fused-ring (bicyclic) bond motifs is 1. The molecule has 1 aliphatic carbocycles. The normalized spacial score (nSPS) is 14.1. The lowest BCUT2D eigenvalue weighted by molar-refractivity contribution is 0.0566. The van der Waals surface area contributed by atoms with Crippen LogP contribution in [0, 0.1) is 11.3 Å². The number of anilines is 1. The lowest BCUT2D eigenvalue weighted by Crippen LogP contribution is -2.23. The first-order chi connectivity index (χ1) is 17.0. The first-order valence-electron chi connectivity index (χ1n) is 11.9. The van der Waals surface area contributed by atoms with Gasteiger partial charge in [0.15, 0.2) is 0 Å². The summed E-state index contributed by atoms with van der Waals surface area (Å²) in [6, 6.07) is 12.1. The Morgan fingerprint density at radius 2 is 1.89 bits per heavy atom. The van der Waals surface area contributed by atoms with Crippen LogP contribution in [0.25, 0.3) is 16.9 Å². The molecule has 35 heavy (non-hydrogen) atoms. The number of hydrogen-bond acceptors (Lipinski definition) is 5. The van der Waals surface area contributed by atoms with Crippen molar-refractivity contribution < 1.29 is 8.78 Å². The number of hydrogen-bond donors (Lipinski definition) is 1. The van der Waals surface area contributed by atoms with E-state index in [-0.39, 0.29) is 0 Å². The number of alkyl halides is 2. The highest BCUT2D eigenvalue weighted by molar-refractivity contribution is 5.69. The van der Waals surface area contributed by atoms with E-state index in [1.165, 1.54) is 61.8 Å². The zero-order valence-corrected chi connectivity index (χ0v) is 19.9. The van der Waals surface area contributed by atoms with Crippen molar-refractivity contribution in [2.24, 2.45) is 0 Å². The number of nitriles is 1. The lowest BCUT2D eigenvalue weighted by Gasteiger charge is -2.26. The van der Waals surface area contributed by atoms with Crippen molar-refractivity contribution in [1.29, 1.82) is 5.26 Å². The van der Waals surface area contributed by atoms with Crippen LogP contribution in [-0.4, -0.2) is 30.4 Å². The van der Waals surface area contributed by atoms with Crippen LogP contribution in [0.4, 0.5) is 14.5 Å². The highest BCUT2D eigenvalue weighted by Crippen LogP contribution is 2.31. The molecule has 1 N–H and O–H groups in total. The Balaban J connectivity index is 0.000000308. The van der Waals surface area contributed by atoms with Crippen LogP contribution in [0.1, 0.15) is 69.5 Å². The number of pyridine rings is 1. The third-order valence-corrected chi connectivity index (χ3v) is 6.14. The standard InChI is InChI=1S/C22H25N5.C4H4F2N2/c1-15(2)19-14-24-21(11-20(19)26-17-6-4-3-5-7-17)22-9-8-18-10-16(12-23)13-25-27(18)22;5-4(6)8-3-1-2-7-8/h8-11,13-15,17H,3-7H2,1-2H3,(H,24,26);1-4H. The van der Waals surface area contributed by atoms with Gasteiger partial charge in [-0.3, -0.25) is 4.98 Å². The summed E-state index contributed by atoms with van der Waals surface area (Å²) in [5.74, 6) is 0.415. The number of aromatic nitrogens is 5. The monoisotopic (exact) mass is 477 g/mol. The Bertz CT molecular complexity index is 1280. The van der Waals surface area contributed by atoms with Gasteiger partial charge in [-0.25, -0.2) is 9.20 Å². The minimum Gasteiger partial charge on any atom is -0.382 e. The first kappa shape index (κ1) is 24.3. The predicted octanol–water partition coefficient (Wildman–Crippen LogP) is 6.41. The van der Waals surface area contributed by atoms with Crippen LogP contribution in [0.15, 0.2) is 55.1 Å². The molecule has 0 saturated heterocycles. The Morgan fingerprint density at radius 3 is 2.51 bits per heavy atom. The van der Waals surface area contributed by atoms with Gasteiger partial charge in [-0.2, -0.15) is 24.2 Å². The Kier molecular flexibility index (Phi) is 7.70. The molecule has 0 unspecified atom stereocenters. The van der Waals surface area contributed by atoms with Gasteiger partial charge in [0.2, 0.25) is 0 Å². The smallest absolute Gasteiger partial charge is 0.333 e. The number of nitrogens with one attached hydrogen (secondary N) is 1. The van der Waals surface area contributed by atoms with Crippen LogP contribution in [0.5, 0.6) is 0 Å². The third-order valence-electron chi connectivity index (χ3n) is 6.14. The zero-order valence-electron chi connectivity index (χ0n) is 19.9. The summed E-state index contributed by atoms with van der Waals surface area (Å²) in [6.07, 6.45) is 12.6. The quantitative estimate of drug-likeness (QED) is 0.359. The molecule has 0 amide bonds. The number of rotatable bonds is 5. The van der Waals surface area contributed by atoms with Crippen LogP contribution in [-0.2, 0) is 0 Å². The molecule has 9 heteroatoms. The lowest BCUT2D eigenvalue weighted by atomic mass is 9.94. The molecule has 182 valence electrons. The topological polar surface area (TPSA) is 83.8 Å². The maximum Gasteiger partial charge on any atom is 0.333 e. The fraction of sp³-hybridized carbons (Fsp3) is 0.385. The van der Waals surface area contributed by atoms with Gasteiger partial charge in [0.05, 0.1) is 28.7 Å². The third kappa shape index (κ3) is 5.83. The molecule has 1 fully saturated rings. The molecule has 7 nitrogen and oxygen atoms in total. The second-order valence-corrected chi connectivity index (χ2v) is 8.97. The van der Waals surface area contributed by atoms with Crippen LogP contribution in [0.2, 0.25) is 0 Å². The fourth-order valence-corrected chi connectivity index (χ4v) is 4.31. The summed E-state index contributed by atoms with van der Waals surface area (Å²) < 4.78 is 25.4. The Morgan fingerprint density at radius 1 is 1.09 bits per heavy atom. The molecule has 1 saturated carbocycles. The van der Waals surface area contributed by atoms with E-state index in [0.717, 1.165) is 16.9 Å². The van der Waals surface area contributed by atoms with Crippen LogP contribution in [0.3, 0.4) is 0 Å². The molecule has 0 spiro atoms. The van der Waals surface area contributed by atoms with Crippen LogP contribution >= 0.6 is 0 Å². The first-order valence-corrected chi connectivity index (χ1v) is 11.9. The van der Waals surface area contributed by atoms with E-state index < -0.39 is 6.55 Å². The number of halogens is 2. The molecule has 1 aliphatic rings. The van der Waals surface area contributed by atoms with E-state index in [1.807, 2.05) is 28.9 Å². The Labute approximate surface area is 203 Å². The summed E-state index contributed by atoms with van der Waals surface area (Å²) in [6.45, 7) is 1.91. The van der Waals surface area contributed by atoms with E-state index in [4.69, 9.17) is 10.2 Å². The van der Waals surface area contributed by atoms with Gasteiger partial charge >= 0.3 is 6.55 Å². The molecule has 0 bridgehead atoms. The summed E-state index contributed by atoms with van der Waals surface area (Å²) in [7, 11) is 0. The molecule has 4 aromatic rings. The van der Waals surface area contributed by atoms with E-state index in [0.29, 0.717) is 22.2 Å². The fourth-order valence-electron chi connectivity index (χ4n) is 4.31. The second-order valence-electron chi connectivity index (χ2n) is 8.97. The van der Waals surface area contributed by atoms with Gasteiger partial charge in [0.25, 0.3) is 0 Å². The highest BCUT2D eigenvalue weighted by atomic mass is 19.3. The van der Waals surface area contributed by atoms with Gasteiger partial charge in [-0.1, -0.05) is 33.1 Å². The maximum absolute atomic E-state index is 11.5. The molecular formula is C26H29F2N7. The van der Waals surface area contributed by atoms with Crippen molar-refractivity contribution in [1.82, 2.24) is 24.4 Å². The average Bonchev–Trinajstić information content (AvgIpc) is 3.55. The van der Waals surface area contributed by atoms with Crippen LogP contribution < -0.4 is 5.32 Å². The molecule has 4 aromatic heterocycles. The largest absolute Gasteiger partial charge is 0.382 e.